The van der Waals surface area contributed by atoms with Crippen LogP contribution in [0.4, 0.5) is 0 Å². The van der Waals surface area contributed by atoms with Crippen molar-refractivity contribution in [2.75, 3.05) is 13.2 Å². The van der Waals surface area contributed by atoms with E-state index in [1.807, 2.05) is 0 Å². The van der Waals surface area contributed by atoms with Crippen LogP contribution in [0, 0.1) is 0 Å². The van der Waals surface area contributed by atoms with E-state index >= 15 is 0 Å². The van der Waals surface area contributed by atoms with Crippen LogP contribution in [0.3, 0.4) is 0 Å². The Morgan fingerprint density at radius 2 is 0.513 bits per heavy atom. The standard InChI is InChI=1S/C72H114O6/c1-4-7-10-13-16-19-22-24-26-28-29-30-31-32-33-34-35-36-37-38-39-40-41-42-43-45-46-48-50-53-56-59-62-65-71(74)77-68-69(67-76-70(73)64-61-58-55-52-21-18-15-12-9-6-3)78-72(75)66-63-60-57-54-51-49-47-44-27-25-23-20-17-14-11-8-5-2/h7-8,10-11,16-17,19-20,24-27,29-30,32-33,35-36,38-39,41-42,47,49,54,57,69H,4-6,9,12-15,18,21-23,28,31,34,37,40,43-46,48,50-53,55-56,58-68H2,1-3H3/b10-7-,11-8-,19-16-,20-17-,26-24-,27-25-,30-29-,33-32-,36-35-,39-38-,42-41-,49-47-,57-54-. The van der Waals surface area contributed by atoms with Gasteiger partial charge in [-0.2, -0.15) is 0 Å². The van der Waals surface area contributed by atoms with Crippen LogP contribution < -0.4 is 0 Å². The SMILES string of the molecule is CC/C=C\C/C=C\C/C=C\C/C=C\C/C=C\C/C=C\C/C=C\C/C=C\CCCCCCCCCCC(=O)OCC(COC(=O)CCCCCCCCCCCC)OC(=O)CCC/C=C\C/C=C\C/C=C\C/C=C\C/C=C\CC. The number of carbonyl (C=O) groups is 3. The Hall–Kier alpha value is -4.97. The Morgan fingerprint density at radius 1 is 0.269 bits per heavy atom. The summed E-state index contributed by atoms with van der Waals surface area (Å²) in [5.74, 6) is -0.980. The first-order chi connectivity index (χ1) is 38.5. The van der Waals surface area contributed by atoms with Gasteiger partial charge in [-0.3, -0.25) is 14.4 Å². The summed E-state index contributed by atoms with van der Waals surface area (Å²) in [6, 6.07) is 0. The molecule has 0 rings (SSSR count). The van der Waals surface area contributed by atoms with E-state index in [2.05, 4.69) is 179 Å². The van der Waals surface area contributed by atoms with Gasteiger partial charge in [0.1, 0.15) is 13.2 Å². The van der Waals surface area contributed by atoms with Crippen molar-refractivity contribution < 1.29 is 28.6 Å². The van der Waals surface area contributed by atoms with Crippen molar-refractivity contribution >= 4 is 17.9 Å². The molecule has 78 heavy (non-hydrogen) atoms. The molecule has 0 fully saturated rings. The van der Waals surface area contributed by atoms with Crippen LogP contribution in [0.2, 0.25) is 0 Å². The lowest BCUT2D eigenvalue weighted by atomic mass is 10.1. The maximum absolute atomic E-state index is 12.8. The fourth-order valence-electron chi connectivity index (χ4n) is 8.14. The van der Waals surface area contributed by atoms with Gasteiger partial charge in [-0.1, -0.05) is 275 Å². The normalized spacial score (nSPS) is 13.2. The molecule has 0 saturated heterocycles. The molecule has 0 aliphatic heterocycles. The smallest absolute Gasteiger partial charge is 0.306 e. The van der Waals surface area contributed by atoms with E-state index in [0.29, 0.717) is 19.3 Å². The van der Waals surface area contributed by atoms with Crippen LogP contribution in [-0.2, 0) is 28.6 Å². The summed E-state index contributed by atoms with van der Waals surface area (Å²) >= 11 is 0. The number of rotatable bonds is 55. The number of hydrogen-bond donors (Lipinski definition) is 0. The molecule has 6 heteroatoms. The van der Waals surface area contributed by atoms with E-state index in [9.17, 15) is 14.4 Å². The molecule has 0 aliphatic carbocycles. The second kappa shape index (κ2) is 64.6. The molecule has 0 aromatic rings. The molecular weight excluding hydrogens is 961 g/mol. The second-order valence-electron chi connectivity index (χ2n) is 20.2. The minimum atomic E-state index is -0.816. The average molecular weight is 1080 g/mol. The summed E-state index contributed by atoms with van der Waals surface area (Å²) in [5.41, 5.74) is 0. The molecule has 0 amide bonds. The fourth-order valence-corrected chi connectivity index (χ4v) is 8.14. The minimum Gasteiger partial charge on any atom is -0.462 e. The molecule has 438 valence electrons. The van der Waals surface area contributed by atoms with Gasteiger partial charge in [-0.05, 0) is 122 Å². The van der Waals surface area contributed by atoms with Gasteiger partial charge in [0.15, 0.2) is 6.10 Å². The lowest BCUT2D eigenvalue weighted by molar-refractivity contribution is -0.167. The molecule has 0 bridgehead atoms. The van der Waals surface area contributed by atoms with Gasteiger partial charge in [0.05, 0.1) is 0 Å². The van der Waals surface area contributed by atoms with Gasteiger partial charge in [0.2, 0.25) is 0 Å². The molecule has 0 spiro atoms. The van der Waals surface area contributed by atoms with E-state index in [-0.39, 0.29) is 37.5 Å². The van der Waals surface area contributed by atoms with E-state index in [1.165, 1.54) is 77.0 Å². The van der Waals surface area contributed by atoms with Crippen LogP contribution in [0.5, 0.6) is 0 Å². The van der Waals surface area contributed by atoms with Crippen molar-refractivity contribution in [1.82, 2.24) is 0 Å². The number of esters is 3. The topological polar surface area (TPSA) is 78.9 Å². The second-order valence-corrected chi connectivity index (χ2v) is 20.2. The van der Waals surface area contributed by atoms with Gasteiger partial charge in [-0.15, -0.1) is 0 Å². The Labute approximate surface area is 480 Å². The first-order valence-corrected chi connectivity index (χ1v) is 31.5. The molecule has 0 radical (unpaired) electrons. The highest BCUT2D eigenvalue weighted by molar-refractivity contribution is 5.71. The van der Waals surface area contributed by atoms with Crippen molar-refractivity contribution in [3.8, 4) is 0 Å². The molecule has 0 aromatic heterocycles. The van der Waals surface area contributed by atoms with E-state index in [1.54, 1.807) is 0 Å². The van der Waals surface area contributed by atoms with Crippen molar-refractivity contribution in [3.63, 3.8) is 0 Å². The van der Waals surface area contributed by atoms with Crippen LogP contribution in [-0.4, -0.2) is 37.2 Å². The van der Waals surface area contributed by atoms with Crippen LogP contribution >= 0.6 is 0 Å². The molecule has 1 unspecified atom stereocenters. The molecular formula is C72H114O6. The molecule has 0 aliphatic rings. The van der Waals surface area contributed by atoms with Gasteiger partial charge < -0.3 is 14.2 Å². The largest absolute Gasteiger partial charge is 0.462 e. The minimum absolute atomic E-state index is 0.107. The summed E-state index contributed by atoms with van der Waals surface area (Å²) in [5, 5.41) is 0. The van der Waals surface area contributed by atoms with Gasteiger partial charge in [0.25, 0.3) is 0 Å². The number of unbranched alkanes of at least 4 members (excludes halogenated alkanes) is 18. The molecule has 0 aromatic carbocycles. The van der Waals surface area contributed by atoms with E-state index < -0.39 is 6.10 Å². The van der Waals surface area contributed by atoms with Crippen molar-refractivity contribution in [3.05, 3.63) is 158 Å². The number of allylic oxidation sites excluding steroid dienone is 26. The quantitative estimate of drug-likeness (QED) is 0.0261. The Balaban J connectivity index is 4.30. The molecule has 0 saturated carbocycles. The summed E-state index contributed by atoms with van der Waals surface area (Å²) in [6.45, 7) is 6.34. The maximum Gasteiger partial charge on any atom is 0.306 e. The third-order valence-electron chi connectivity index (χ3n) is 12.8. The van der Waals surface area contributed by atoms with Crippen molar-refractivity contribution in [1.29, 1.82) is 0 Å². The molecule has 6 nitrogen and oxygen atoms in total. The lowest BCUT2D eigenvalue weighted by Gasteiger charge is -2.18. The zero-order valence-corrected chi connectivity index (χ0v) is 50.1. The Morgan fingerprint density at radius 3 is 0.821 bits per heavy atom. The number of ether oxygens (including phenoxy) is 3. The fraction of sp³-hybridized carbons (Fsp3) is 0.597. The molecule has 1 atom stereocenters. The van der Waals surface area contributed by atoms with Gasteiger partial charge in [0, 0.05) is 19.3 Å². The third kappa shape index (κ3) is 61.9. The number of hydrogen-bond acceptors (Lipinski definition) is 6. The predicted octanol–water partition coefficient (Wildman–Crippen LogP) is 21.7. The average Bonchev–Trinajstić information content (AvgIpc) is 3.44. The summed E-state index contributed by atoms with van der Waals surface area (Å²) in [4.78, 5) is 38.1. The molecule has 0 N–H and O–H groups in total. The van der Waals surface area contributed by atoms with Crippen LogP contribution in [0.25, 0.3) is 0 Å². The highest BCUT2D eigenvalue weighted by Crippen LogP contribution is 2.14. The van der Waals surface area contributed by atoms with E-state index in [4.69, 9.17) is 14.2 Å². The predicted molar refractivity (Wildman–Crippen MR) is 338 cm³/mol. The van der Waals surface area contributed by atoms with Crippen molar-refractivity contribution in [2.24, 2.45) is 0 Å². The highest BCUT2D eigenvalue weighted by atomic mass is 16.6. The van der Waals surface area contributed by atoms with Crippen LogP contribution in [0.1, 0.15) is 258 Å². The van der Waals surface area contributed by atoms with Gasteiger partial charge >= 0.3 is 17.9 Å². The number of carbonyl (C=O) groups excluding carboxylic acids is 3. The Kier molecular flexibility index (Phi) is 60.4. The first kappa shape index (κ1) is 73.0. The monoisotopic (exact) mass is 1070 g/mol. The summed E-state index contributed by atoms with van der Waals surface area (Å²) < 4.78 is 16.8. The van der Waals surface area contributed by atoms with Crippen molar-refractivity contribution in [2.45, 2.75) is 264 Å². The highest BCUT2D eigenvalue weighted by Gasteiger charge is 2.19. The lowest BCUT2D eigenvalue weighted by Crippen LogP contribution is -2.30. The summed E-state index contributed by atoms with van der Waals surface area (Å²) in [7, 11) is 0. The third-order valence-corrected chi connectivity index (χ3v) is 12.8. The van der Waals surface area contributed by atoms with E-state index in [0.717, 1.165) is 135 Å². The zero-order valence-electron chi connectivity index (χ0n) is 50.1. The van der Waals surface area contributed by atoms with Gasteiger partial charge in [-0.25, -0.2) is 0 Å². The molecule has 0 heterocycles. The Bertz CT molecular complexity index is 1760. The summed E-state index contributed by atoms with van der Waals surface area (Å²) in [6.07, 6.45) is 94.0. The zero-order chi connectivity index (χ0) is 56.4. The van der Waals surface area contributed by atoms with Crippen LogP contribution in [0.15, 0.2) is 158 Å². The maximum atomic E-state index is 12.8. The first-order valence-electron chi connectivity index (χ1n) is 31.5.